The van der Waals surface area contributed by atoms with Crippen LogP contribution in [-0.2, 0) is 21.1 Å². The lowest BCUT2D eigenvalue weighted by molar-refractivity contribution is -0.136. The van der Waals surface area contributed by atoms with Crippen LogP contribution in [0.5, 0.6) is 0 Å². The number of carboxylic acids is 1. The minimum atomic E-state index is -3.68. The molecule has 1 heterocycles. The third kappa shape index (κ3) is 1.57. The molecule has 0 radical (unpaired) electrons. The van der Waals surface area contributed by atoms with Crippen LogP contribution in [0.3, 0.4) is 0 Å². The van der Waals surface area contributed by atoms with Crippen molar-refractivity contribution >= 4 is 31.7 Å². The fraction of sp³-hybridized carbons (Fsp3) is 0.222. The van der Waals surface area contributed by atoms with Crippen LogP contribution in [0.4, 0.5) is 0 Å². The maximum atomic E-state index is 11.7. The summed E-state index contributed by atoms with van der Waals surface area (Å²) in [6, 6.07) is 4.69. The number of rotatable bonds is 1. The van der Waals surface area contributed by atoms with E-state index in [1.54, 1.807) is 12.1 Å². The molecule has 1 atom stereocenters. The summed E-state index contributed by atoms with van der Waals surface area (Å²) in [5.41, 5.74) is 0.566. The molecule has 15 heavy (non-hydrogen) atoms. The molecule has 1 N–H and O–H groups in total. The zero-order chi connectivity index (χ0) is 11.2. The number of benzene rings is 1. The molecule has 0 fully saturated rings. The third-order valence-corrected chi connectivity index (χ3v) is 5.01. The summed E-state index contributed by atoms with van der Waals surface area (Å²) in [7, 11) is -3.68. The van der Waals surface area contributed by atoms with Gasteiger partial charge in [0.15, 0.2) is 15.1 Å². The van der Waals surface area contributed by atoms with Crippen LogP contribution >= 0.6 is 15.9 Å². The van der Waals surface area contributed by atoms with Crippen molar-refractivity contribution in [1.82, 2.24) is 0 Å². The molecule has 1 aliphatic rings. The lowest BCUT2D eigenvalue weighted by atomic mass is 10.1. The maximum absolute atomic E-state index is 11.7. The summed E-state index contributed by atoms with van der Waals surface area (Å²) in [5, 5.41) is 7.47. The first-order chi connectivity index (χ1) is 6.93. The van der Waals surface area contributed by atoms with Crippen LogP contribution in [0.1, 0.15) is 5.56 Å². The highest BCUT2D eigenvalue weighted by Gasteiger charge is 2.41. The standard InChI is InChI=1S/C9H7BrO4S/c10-6-1-2-7-5(3-6)4-8(9(11)12)15(7,13)14/h1-3,8H,4H2,(H,11,12). The molecule has 0 saturated carbocycles. The van der Waals surface area contributed by atoms with Gasteiger partial charge in [-0.05, 0) is 23.8 Å². The van der Waals surface area contributed by atoms with E-state index in [1.807, 2.05) is 0 Å². The van der Waals surface area contributed by atoms with Crippen molar-refractivity contribution in [3.05, 3.63) is 28.2 Å². The Bertz CT molecular complexity index is 535. The number of fused-ring (bicyclic) bond motifs is 1. The number of aliphatic carboxylic acids is 1. The molecule has 1 aliphatic heterocycles. The number of hydrogen-bond donors (Lipinski definition) is 1. The zero-order valence-corrected chi connectivity index (χ0v) is 9.88. The molecule has 80 valence electrons. The lowest BCUT2D eigenvalue weighted by Crippen LogP contribution is -2.26. The van der Waals surface area contributed by atoms with E-state index in [2.05, 4.69) is 15.9 Å². The molecule has 0 spiro atoms. The van der Waals surface area contributed by atoms with Crippen molar-refractivity contribution in [2.24, 2.45) is 0 Å². The Labute approximate surface area is 95.0 Å². The van der Waals surface area contributed by atoms with Crippen LogP contribution in [0.25, 0.3) is 0 Å². The predicted octanol–water partition coefficient (Wildman–Crippen LogP) is 1.23. The van der Waals surface area contributed by atoms with Crippen molar-refractivity contribution in [2.45, 2.75) is 16.6 Å². The van der Waals surface area contributed by atoms with E-state index in [9.17, 15) is 13.2 Å². The van der Waals surface area contributed by atoms with E-state index in [-0.39, 0.29) is 11.3 Å². The van der Waals surface area contributed by atoms with Gasteiger partial charge < -0.3 is 5.11 Å². The van der Waals surface area contributed by atoms with Crippen LogP contribution in [0.2, 0.25) is 0 Å². The molecule has 0 aliphatic carbocycles. The summed E-state index contributed by atoms with van der Waals surface area (Å²) in [4.78, 5) is 10.9. The topological polar surface area (TPSA) is 71.4 Å². The Balaban J connectivity index is 2.62. The average Bonchev–Trinajstić information content (AvgIpc) is 2.37. The van der Waals surface area contributed by atoms with E-state index >= 15 is 0 Å². The highest BCUT2D eigenvalue weighted by atomic mass is 79.9. The van der Waals surface area contributed by atoms with Gasteiger partial charge in [-0.25, -0.2) is 8.42 Å². The molecule has 4 nitrogen and oxygen atoms in total. The summed E-state index contributed by atoms with van der Waals surface area (Å²) in [5.74, 6) is -1.29. The van der Waals surface area contributed by atoms with Gasteiger partial charge in [0.25, 0.3) is 0 Å². The lowest BCUT2D eigenvalue weighted by Gasteiger charge is -2.01. The van der Waals surface area contributed by atoms with E-state index < -0.39 is 21.1 Å². The first kappa shape index (κ1) is 10.6. The number of halogens is 1. The van der Waals surface area contributed by atoms with Crippen molar-refractivity contribution in [1.29, 1.82) is 0 Å². The maximum Gasteiger partial charge on any atom is 0.322 e. The van der Waals surface area contributed by atoms with Gasteiger partial charge in [0.05, 0.1) is 4.90 Å². The number of carboxylic acid groups (broad SMARTS) is 1. The number of hydrogen-bond acceptors (Lipinski definition) is 3. The highest BCUT2D eigenvalue weighted by Crippen LogP contribution is 2.33. The Hall–Kier alpha value is -0.880. The quantitative estimate of drug-likeness (QED) is 0.844. The van der Waals surface area contributed by atoms with Crippen LogP contribution in [0, 0.1) is 0 Å². The summed E-state index contributed by atoms with van der Waals surface area (Å²) < 4.78 is 24.2. The Morgan fingerprint density at radius 3 is 2.73 bits per heavy atom. The van der Waals surface area contributed by atoms with Gasteiger partial charge >= 0.3 is 5.97 Å². The Morgan fingerprint density at radius 1 is 1.47 bits per heavy atom. The second kappa shape index (κ2) is 3.31. The van der Waals surface area contributed by atoms with E-state index in [1.165, 1.54) is 6.07 Å². The van der Waals surface area contributed by atoms with Gasteiger partial charge in [-0.3, -0.25) is 4.79 Å². The van der Waals surface area contributed by atoms with Crippen molar-refractivity contribution < 1.29 is 18.3 Å². The van der Waals surface area contributed by atoms with Crippen LogP contribution < -0.4 is 0 Å². The molecular weight excluding hydrogens is 284 g/mol. The normalized spacial score (nSPS) is 22.3. The average molecular weight is 291 g/mol. The van der Waals surface area contributed by atoms with Crippen LogP contribution in [0.15, 0.2) is 27.6 Å². The smallest absolute Gasteiger partial charge is 0.322 e. The fourth-order valence-electron chi connectivity index (χ4n) is 1.67. The zero-order valence-electron chi connectivity index (χ0n) is 7.47. The predicted molar refractivity (Wildman–Crippen MR) is 56.5 cm³/mol. The summed E-state index contributed by atoms with van der Waals surface area (Å²) in [6.07, 6.45) is 0.0481. The first-order valence-electron chi connectivity index (χ1n) is 4.18. The molecular formula is C9H7BrO4S. The highest BCUT2D eigenvalue weighted by molar-refractivity contribution is 9.10. The largest absolute Gasteiger partial charge is 0.480 e. The molecule has 1 unspecified atom stereocenters. The molecule has 0 saturated heterocycles. The van der Waals surface area contributed by atoms with Gasteiger partial charge in [0.2, 0.25) is 0 Å². The summed E-state index contributed by atoms with van der Waals surface area (Å²) in [6.45, 7) is 0. The molecule has 1 aromatic rings. The minimum Gasteiger partial charge on any atom is -0.480 e. The molecule has 6 heteroatoms. The van der Waals surface area contributed by atoms with Gasteiger partial charge in [0.1, 0.15) is 0 Å². The van der Waals surface area contributed by atoms with E-state index in [0.29, 0.717) is 5.56 Å². The molecule has 0 bridgehead atoms. The Morgan fingerprint density at radius 2 is 2.13 bits per heavy atom. The second-order valence-electron chi connectivity index (χ2n) is 3.33. The molecule has 1 aromatic carbocycles. The molecule has 2 rings (SSSR count). The number of sulfone groups is 1. The van der Waals surface area contributed by atoms with E-state index in [0.717, 1.165) is 4.47 Å². The molecule has 0 aromatic heterocycles. The minimum absolute atomic E-state index is 0.0481. The third-order valence-electron chi connectivity index (χ3n) is 2.38. The van der Waals surface area contributed by atoms with Crippen LogP contribution in [-0.4, -0.2) is 24.7 Å². The number of carbonyl (C=O) groups is 1. The summed E-state index contributed by atoms with van der Waals surface area (Å²) >= 11 is 3.22. The SMILES string of the molecule is O=C(O)C1Cc2cc(Br)ccc2S1(=O)=O. The fourth-order valence-corrected chi connectivity index (χ4v) is 3.81. The van der Waals surface area contributed by atoms with Gasteiger partial charge in [-0.1, -0.05) is 15.9 Å². The van der Waals surface area contributed by atoms with Crippen molar-refractivity contribution in [3.8, 4) is 0 Å². The van der Waals surface area contributed by atoms with Crippen molar-refractivity contribution in [3.63, 3.8) is 0 Å². The van der Waals surface area contributed by atoms with Gasteiger partial charge in [-0.15, -0.1) is 0 Å². The van der Waals surface area contributed by atoms with Gasteiger partial charge in [0, 0.05) is 10.9 Å². The second-order valence-corrected chi connectivity index (χ2v) is 6.34. The first-order valence-corrected chi connectivity index (χ1v) is 6.52. The van der Waals surface area contributed by atoms with E-state index in [4.69, 9.17) is 5.11 Å². The van der Waals surface area contributed by atoms with Crippen molar-refractivity contribution in [2.75, 3.05) is 0 Å². The molecule has 0 amide bonds. The monoisotopic (exact) mass is 290 g/mol. The van der Waals surface area contributed by atoms with Gasteiger partial charge in [-0.2, -0.15) is 0 Å². The Kier molecular flexibility index (Phi) is 2.35.